The lowest BCUT2D eigenvalue weighted by molar-refractivity contribution is 0.824. The van der Waals surface area contributed by atoms with Crippen LogP contribution in [0.5, 0.6) is 0 Å². The van der Waals surface area contributed by atoms with Crippen LogP contribution in [0.25, 0.3) is 11.0 Å². The highest BCUT2D eigenvalue weighted by atomic mass is 15.0. The highest BCUT2D eigenvalue weighted by Gasteiger charge is 2.02. The average molecular weight is 223 g/mol. The predicted octanol–water partition coefficient (Wildman–Crippen LogP) is 2.79. The molecule has 3 nitrogen and oxygen atoms in total. The first-order valence-corrected chi connectivity index (χ1v) is 5.63. The minimum Gasteiger partial charge on any atom is -0.326 e. The van der Waals surface area contributed by atoms with Gasteiger partial charge in [0.2, 0.25) is 0 Å². The number of benzene rings is 1. The molecule has 0 spiro atoms. The molecule has 0 aliphatic heterocycles. The maximum Gasteiger partial charge on any atom is 0.107 e. The number of aryl methyl sites for hydroxylation is 1. The van der Waals surface area contributed by atoms with E-state index >= 15 is 0 Å². The van der Waals surface area contributed by atoms with E-state index in [9.17, 15) is 0 Å². The highest BCUT2D eigenvalue weighted by Crippen LogP contribution is 2.13. The Morgan fingerprint density at radius 1 is 1.12 bits per heavy atom. The van der Waals surface area contributed by atoms with Crippen LogP contribution in [0.2, 0.25) is 0 Å². The van der Waals surface area contributed by atoms with Crippen LogP contribution < -0.4 is 0 Å². The van der Waals surface area contributed by atoms with E-state index in [2.05, 4.69) is 45.7 Å². The third-order valence-electron chi connectivity index (χ3n) is 2.90. The standard InChI is InChI=1S/C14H13N3/c1-11-2-4-12(5-3-11)9-17-10-16-13-8-15-7-6-14(13)17/h2-8,10H,9H2,1H3. The van der Waals surface area contributed by atoms with Gasteiger partial charge in [0, 0.05) is 12.7 Å². The molecular weight excluding hydrogens is 210 g/mol. The molecule has 84 valence electrons. The van der Waals surface area contributed by atoms with E-state index in [1.54, 1.807) is 12.4 Å². The third-order valence-corrected chi connectivity index (χ3v) is 2.90. The second-order valence-corrected chi connectivity index (χ2v) is 4.22. The monoisotopic (exact) mass is 223 g/mol. The van der Waals surface area contributed by atoms with Crippen LogP contribution in [0, 0.1) is 6.92 Å². The van der Waals surface area contributed by atoms with Gasteiger partial charge in [0.25, 0.3) is 0 Å². The molecule has 3 rings (SSSR count). The minimum absolute atomic E-state index is 0.848. The van der Waals surface area contributed by atoms with E-state index < -0.39 is 0 Å². The van der Waals surface area contributed by atoms with Crippen molar-refractivity contribution in [3.05, 3.63) is 60.2 Å². The van der Waals surface area contributed by atoms with Gasteiger partial charge in [0.1, 0.15) is 5.52 Å². The SMILES string of the molecule is Cc1ccc(Cn2cnc3cnccc32)cc1. The molecule has 3 heteroatoms. The average Bonchev–Trinajstić information content (AvgIpc) is 2.76. The molecular formula is C14H13N3. The van der Waals surface area contributed by atoms with Gasteiger partial charge in [-0.3, -0.25) is 4.98 Å². The molecule has 0 atom stereocenters. The van der Waals surface area contributed by atoms with Crippen molar-refractivity contribution in [2.45, 2.75) is 13.5 Å². The molecule has 0 saturated carbocycles. The Bertz CT molecular complexity index is 638. The van der Waals surface area contributed by atoms with Crippen molar-refractivity contribution >= 4 is 11.0 Å². The molecule has 0 saturated heterocycles. The zero-order valence-electron chi connectivity index (χ0n) is 9.67. The van der Waals surface area contributed by atoms with E-state index in [0.29, 0.717) is 0 Å². The molecule has 2 aromatic heterocycles. The Kier molecular flexibility index (Phi) is 2.37. The molecule has 0 aliphatic rings. The Morgan fingerprint density at radius 2 is 1.94 bits per heavy atom. The smallest absolute Gasteiger partial charge is 0.107 e. The van der Waals surface area contributed by atoms with Gasteiger partial charge in [-0.15, -0.1) is 0 Å². The molecule has 3 aromatic rings. The lowest BCUT2D eigenvalue weighted by atomic mass is 10.1. The fourth-order valence-corrected chi connectivity index (χ4v) is 1.93. The maximum atomic E-state index is 4.33. The molecule has 0 N–H and O–H groups in total. The van der Waals surface area contributed by atoms with Gasteiger partial charge in [-0.2, -0.15) is 0 Å². The summed E-state index contributed by atoms with van der Waals surface area (Å²) in [6.45, 7) is 2.95. The first kappa shape index (κ1) is 10.0. The first-order valence-electron chi connectivity index (χ1n) is 5.63. The maximum absolute atomic E-state index is 4.33. The van der Waals surface area contributed by atoms with E-state index in [1.165, 1.54) is 11.1 Å². The van der Waals surface area contributed by atoms with Crippen molar-refractivity contribution in [2.75, 3.05) is 0 Å². The normalized spacial score (nSPS) is 10.9. The highest BCUT2D eigenvalue weighted by molar-refractivity contribution is 5.73. The van der Waals surface area contributed by atoms with Gasteiger partial charge in [-0.25, -0.2) is 4.98 Å². The first-order chi connectivity index (χ1) is 8.33. The van der Waals surface area contributed by atoms with Crippen molar-refractivity contribution in [3.8, 4) is 0 Å². The number of hydrogen-bond acceptors (Lipinski definition) is 2. The number of hydrogen-bond donors (Lipinski definition) is 0. The van der Waals surface area contributed by atoms with Gasteiger partial charge in [0.15, 0.2) is 0 Å². The fourth-order valence-electron chi connectivity index (χ4n) is 1.93. The molecule has 0 unspecified atom stereocenters. The van der Waals surface area contributed by atoms with Crippen molar-refractivity contribution in [3.63, 3.8) is 0 Å². The van der Waals surface area contributed by atoms with Crippen molar-refractivity contribution in [1.29, 1.82) is 0 Å². The quantitative estimate of drug-likeness (QED) is 0.668. The second-order valence-electron chi connectivity index (χ2n) is 4.22. The Morgan fingerprint density at radius 3 is 2.76 bits per heavy atom. The molecule has 0 fully saturated rings. The summed E-state index contributed by atoms with van der Waals surface area (Å²) in [5.74, 6) is 0. The van der Waals surface area contributed by atoms with Crippen LogP contribution in [0.4, 0.5) is 0 Å². The van der Waals surface area contributed by atoms with Crippen LogP contribution in [0.1, 0.15) is 11.1 Å². The summed E-state index contributed by atoms with van der Waals surface area (Å²) in [5, 5.41) is 0. The van der Waals surface area contributed by atoms with E-state index in [4.69, 9.17) is 0 Å². The largest absolute Gasteiger partial charge is 0.326 e. The topological polar surface area (TPSA) is 30.7 Å². The van der Waals surface area contributed by atoms with E-state index in [-0.39, 0.29) is 0 Å². The predicted molar refractivity (Wildman–Crippen MR) is 67.8 cm³/mol. The van der Waals surface area contributed by atoms with E-state index in [1.807, 2.05) is 12.4 Å². The van der Waals surface area contributed by atoms with Crippen molar-refractivity contribution in [2.24, 2.45) is 0 Å². The van der Waals surface area contributed by atoms with Gasteiger partial charge >= 0.3 is 0 Å². The number of rotatable bonds is 2. The van der Waals surface area contributed by atoms with Crippen LogP contribution >= 0.6 is 0 Å². The van der Waals surface area contributed by atoms with Crippen LogP contribution in [-0.4, -0.2) is 14.5 Å². The number of fused-ring (bicyclic) bond motifs is 1. The summed E-state index contributed by atoms with van der Waals surface area (Å²) in [4.78, 5) is 8.40. The van der Waals surface area contributed by atoms with Gasteiger partial charge in [0.05, 0.1) is 18.0 Å². The minimum atomic E-state index is 0.848. The molecule has 0 aliphatic carbocycles. The molecule has 0 radical (unpaired) electrons. The summed E-state index contributed by atoms with van der Waals surface area (Å²) in [5.41, 5.74) is 4.64. The molecule has 2 heterocycles. The molecule has 0 amide bonds. The summed E-state index contributed by atoms with van der Waals surface area (Å²) in [7, 11) is 0. The number of aromatic nitrogens is 3. The summed E-state index contributed by atoms with van der Waals surface area (Å²) < 4.78 is 2.14. The summed E-state index contributed by atoms with van der Waals surface area (Å²) in [6, 6.07) is 10.6. The van der Waals surface area contributed by atoms with E-state index in [0.717, 1.165) is 17.6 Å². The zero-order chi connectivity index (χ0) is 11.7. The van der Waals surface area contributed by atoms with Crippen LogP contribution in [-0.2, 0) is 6.54 Å². The van der Waals surface area contributed by atoms with Crippen molar-refractivity contribution in [1.82, 2.24) is 14.5 Å². The number of pyridine rings is 1. The zero-order valence-corrected chi connectivity index (χ0v) is 9.67. The fraction of sp³-hybridized carbons (Fsp3) is 0.143. The van der Waals surface area contributed by atoms with Crippen molar-refractivity contribution < 1.29 is 0 Å². The lowest BCUT2D eigenvalue weighted by Gasteiger charge is -2.04. The van der Waals surface area contributed by atoms with Gasteiger partial charge < -0.3 is 4.57 Å². The summed E-state index contributed by atoms with van der Waals surface area (Å²) in [6.07, 6.45) is 5.46. The molecule has 0 bridgehead atoms. The Hall–Kier alpha value is -2.16. The second kappa shape index (κ2) is 4.01. The third kappa shape index (κ3) is 1.91. The Labute approximate surface area is 99.8 Å². The summed E-state index contributed by atoms with van der Waals surface area (Å²) >= 11 is 0. The lowest BCUT2D eigenvalue weighted by Crippen LogP contribution is -1.97. The van der Waals surface area contributed by atoms with Crippen LogP contribution in [0.15, 0.2) is 49.1 Å². The van der Waals surface area contributed by atoms with Gasteiger partial charge in [-0.1, -0.05) is 29.8 Å². The molecule has 17 heavy (non-hydrogen) atoms. The number of imidazole rings is 1. The van der Waals surface area contributed by atoms with Crippen LogP contribution in [0.3, 0.4) is 0 Å². The molecule has 1 aromatic carbocycles. The van der Waals surface area contributed by atoms with Gasteiger partial charge in [-0.05, 0) is 18.6 Å². The number of nitrogens with zero attached hydrogens (tertiary/aromatic N) is 3. The Balaban J connectivity index is 1.97.